The summed E-state index contributed by atoms with van der Waals surface area (Å²) in [6.45, 7) is 0. The minimum atomic E-state index is -0.541. The van der Waals surface area contributed by atoms with Crippen molar-refractivity contribution in [1.29, 1.82) is 0 Å². The fraction of sp³-hybridized carbons (Fsp3) is 0. The van der Waals surface area contributed by atoms with Gasteiger partial charge >= 0.3 is 0 Å². The van der Waals surface area contributed by atoms with Gasteiger partial charge in [-0.3, -0.25) is 4.79 Å². The van der Waals surface area contributed by atoms with Crippen molar-refractivity contribution in [1.82, 2.24) is 0 Å². The fourth-order valence-corrected chi connectivity index (χ4v) is 1.57. The smallest absolute Gasteiger partial charge is 0.153 e. The van der Waals surface area contributed by atoms with E-state index in [-0.39, 0.29) is 17.1 Å². The first-order chi connectivity index (χ1) is 8.11. The molecule has 0 radical (unpaired) electrons. The van der Waals surface area contributed by atoms with Crippen LogP contribution in [0.4, 0.5) is 4.39 Å². The second-order valence-electron chi connectivity index (χ2n) is 3.55. The Morgan fingerprint density at radius 1 is 1.00 bits per heavy atom. The SMILES string of the molecule is O=Cc1cc(-c2ccc(F)cc2O)ccc1O. The average Bonchev–Trinajstić information content (AvgIpc) is 2.30. The maximum Gasteiger partial charge on any atom is 0.153 e. The lowest BCUT2D eigenvalue weighted by Crippen LogP contribution is -1.85. The molecule has 2 rings (SSSR count). The lowest BCUT2D eigenvalue weighted by Gasteiger charge is -2.06. The van der Waals surface area contributed by atoms with E-state index < -0.39 is 5.82 Å². The molecule has 0 unspecified atom stereocenters. The van der Waals surface area contributed by atoms with Crippen molar-refractivity contribution in [2.45, 2.75) is 0 Å². The maximum absolute atomic E-state index is 12.8. The molecule has 0 aliphatic carbocycles. The Balaban J connectivity index is 2.56. The Morgan fingerprint density at radius 2 is 1.76 bits per heavy atom. The van der Waals surface area contributed by atoms with Crippen LogP contribution in [0.5, 0.6) is 11.5 Å². The summed E-state index contributed by atoms with van der Waals surface area (Å²) in [5.41, 5.74) is 1.04. The number of hydrogen-bond donors (Lipinski definition) is 2. The fourth-order valence-electron chi connectivity index (χ4n) is 1.57. The highest BCUT2D eigenvalue weighted by molar-refractivity contribution is 5.83. The summed E-state index contributed by atoms with van der Waals surface area (Å²) in [5.74, 6) is -0.890. The predicted molar refractivity (Wildman–Crippen MR) is 60.6 cm³/mol. The third-order valence-electron chi connectivity index (χ3n) is 2.43. The number of phenolic OH excluding ortho intramolecular Hbond substituents is 2. The number of carbonyl (C=O) groups is 1. The third kappa shape index (κ3) is 2.10. The van der Waals surface area contributed by atoms with E-state index in [0.29, 0.717) is 17.4 Å². The van der Waals surface area contributed by atoms with Crippen LogP contribution in [0.2, 0.25) is 0 Å². The van der Waals surface area contributed by atoms with Crippen molar-refractivity contribution in [3.63, 3.8) is 0 Å². The molecule has 0 spiro atoms. The lowest BCUT2D eigenvalue weighted by molar-refractivity contribution is 0.112. The largest absolute Gasteiger partial charge is 0.507 e. The summed E-state index contributed by atoms with van der Waals surface area (Å²) < 4.78 is 12.8. The molecule has 2 N–H and O–H groups in total. The zero-order valence-electron chi connectivity index (χ0n) is 8.72. The second kappa shape index (κ2) is 4.25. The summed E-state index contributed by atoms with van der Waals surface area (Å²) in [5, 5.41) is 18.9. The second-order valence-corrected chi connectivity index (χ2v) is 3.55. The van der Waals surface area contributed by atoms with E-state index in [4.69, 9.17) is 0 Å². The van der Waals surface area contributed by atoms with Crippen LogP contribution in [0, 0.1) is 5.82 Å². The topological polar surface area (TPSA) is 57.5 Å². The van der Waals surface area contributed by atoms with Gasteiger partial charge < -0.3 is 10.2 Å². The highest BCUT2D eigenvalue weighted by Crippen LogP contribution is 2.31. The molecule has 0 fully saturated rings. The maximum atomic E-state index is 12.8. The standard InChI is InChI=1S/C13H9FO3/c14-10-2-3-11(13(17)6-10)8-1-4-12(16)9(5-8)7-15/h1-7,16-17H. The van der Waals surface area contributed by atoms with Gasteiger partial charge in [0.25, 0.3) is 0 Å². The van der Waals surface area contributed by atoms with Gasteiger partial charge in [0.2, 0.25) is 0 Å². The molecule has 0 bridgehead atoms. The summed E-state index contributed by atoms with van der Waals surface area (Å²) in [6, 6.07) is 7.92. The van der Waals surface area contributed by atoms with Crippen LogP contribution in [0.3, 0.4) is 0 Å². The number of aromatic hydroxyl groups is 2. The van der Waals surface area contributed by atoms with Gasteiger partial charge in [0.1, 0.15) is 17.3 Å². The summed E-state index contributed by atoms with van der Waals surface area (Å²) in [7, 11) is 0. The molecule has 4 heteroatoms. The van der Waals surface area contributed by atoms with E-state index in [2.05, 4.69) is 0 Å². The number of rotatable bonds is 2. The van der Waals surface area contributed by atoms with Crippen LogP contribution in [-0.2, 0) is 0 Å². The molecule has 3 nitrogen and oxygen atoms in total. The molecular formula is C13H9FO3. The van der Waals surface area contributed by atoms with Gasteiger partial charge in [0.15, 0.2) is 6.29 Å². The van der Waals surface area contributed by atoms with Crippen LogP contribution < -0.4 is 0 Å². The van der Waals surface area contributed by atoms with Crippen LogP contribution >= 0.6 is 0 Å². The third-order valence-corrected chi connectivity index (χ3v) is 2.43. The lowest BCUT2D eigenvalue weighted by atomic mass is 10.0. The molecule has 0 amide bonds. The normalized spacial score (nSPS) is 10.2. The Kier molecular flexibility index (Phi) is 2.78. The Bertz CT molecular complexity index is 579. The summed E-state index contributed by atoms with van der Waals surface area (Å²) in [6.07, 6.45) is 0.513. The number of benzene rings is 2. The van der Waals surface area contributed by atoms with Crippen LogP contribution in [0.25, 0.3) is 11.1 Å². The van der Waals surface area contributed by atoms with Crippen molar-refractivity contribution in [3.05, 3.63) is 47.8 Å². The van der Waals surface area contributed by atoms with Gasteiger partial charge in [-0.2, -0.15) is 0 Å². The zero-order chi connectivity index (χ0) is 12.4. The van der Waals surface area contributed by atoms with E-state index >= 15 is 0 Å². The summed E-state index contributed by atoms with van der Waals surface area (Å²) >= 11 is 0. The molecule has 0 aromatic heterocycles. The number of carbonyl (C=O) groups excluding carboxylic acids is 1. The molecule has 17 heavy (non-hydrogen) atoms. The van der Waals surface area contributed by atoms with Crippen molar-refractivity contribution < 1.29 is 19.4 Å². The molecular weight excluding hydrogens is 223 g/mol. The number of hydrogen-bond acceptors (Lipinski definition) is 3. The van der Waals surface area contributed by atoms with E-state index in [1.807, 2.05) is 0 Å². The Morgan fingerprint density at radius 3 is 2.41 bits per heavy atom. The molecule has 0 atom stereocenters. The van der Waals surface area contributed by atoms with E-state index in [1.54, 1.807) is 0 Å². The quantitative estimate of drug-likeness (QED) is 0.782. The van der Waals surface area contributed by atoms with E-state index in [9.17, 15) is 19.4 Å². The average molecular weight is 232 g/mol. The van der Waals surface area contributed by atoms with Crippen LogP contribution in [0.15, 0.2) is 36.4 Å². The number of aldehydes is 1. The van der Waals surface area contributed by atoms with Crippen LogP contribution in [-0.4, -0.2) is 16.5 Å². The molecule has 2 aromatic rings. The monoisotopic (exact) mass is 232 g/mol. The Labute approximate surface area is 96.8 Å². The van der Waals surface area contributed by atoms with Crippen molar-refractivity contribution in [3.8, 4) is 22.6 Å². The zero-order valence-corrected chi connectivity index (χ0v) is 8.72. The molecule has 0 heterocycles. The molecule has 86 valence electrons. The van der Waals surface area contributed by atoms with Gasteiger partial charge in [0, 0.05) is 11.6 Å². The van der Waals surface area contributed by atoms with Gasteiger partial charge in [0.05, 0.1) is 5.56 Å². The van der Waals surface area contributed by atoms with Crippen LogP contribution in [0.1, 0.15) is 10.4 Å². The highest BCUT2D eigenvalue weighted by Gasteiger charge is 2.08. The van der Waals surface area contributed by atoms with Crippen molar-refractivity contribution >= 4 is 6.29 Å². The van der Waals surface area contributed by atoms with Crippen molar-refractivity contribution in [2.24, 2.45) is 0 Å². The molecule has 0 aliphatic rings. The first-order valence-corrected chi connectivity index (χ1v) is 4.89. The van der Waals surface area contributed by atoms with E-state index in [1.165, 1.54) is 30.3 Å². The first kappa shape index (κ1) is 11.1. The summed E-state index contributed by atoms with van der Waals surface area (Å²) in [4.78, 5) is 10.7. The predicted octanol–water partition coefficient (Wildman–Crippen LogP) is 2.72. The van der Waals surface area contributed by atoms with Gasteiger partial charge in [-0.15, -0.1) is 0 Å². The van der Waals surface area contributed by atoms with Crippen molar-refractivity contribution in [2.75, 3.05) is 0 Å². The van der Waals surface area contributed by atoms with Gasteiger partial charge in [-0.25, -0.2) is 4.39 Å². The van der Waals surface area contributed by atoms with E-state index in [0.717, 1.165) is 6.07 Å². The molecule has 0 saturated carbocycles. The molecule has 0 aliphatic heterocycles. The number of phenols is 2. The minimum absolute atomic E-state index is 0.117. The van der Waals surface area contributed by atoms with Gasteiger partial charge in [-0.1, -0.05) is 6.07 Å². The minimum Gasteiger partial charge on any atom is -0.507 e. The molecule has 0 saturated heterocycles. The van der Waals surface area contributed by atoms with Gasteiger partial charge in [-0.05, 0) is 29.8 Å². The first-order valence-electron chi connectivity index (χ1n) is 4.89. The molecule has 2 aromatic carbocycles. The number of halogens is 1. The Hall–Kier alpha value is -2.36. The highest BCUT2D eigenvalue weighted by atomic mass is 19.1.